The van der Waals surface area contributed by atoms with Gasteiger partial charge in [0.1, 0.15) is 5.78 Å². The smallest absolute Gasteiger partial charge is 0.171 e. The van der Waals surface area contributed by atoms with E-state index in [1.54, 1.807) is 0 Å². The topological polar surface area (TPSA) is 55.8 Å². The first kappa shape index (κ1) is 21.1. The van der Waals surface area contributed by atoms with Gasteiger partial charge in [-0.25, -0.2) is 0 Å². The highest BCUT2D eigenvalue weighted by molar-refractivity contribution is 5.79. The number of Topliss-reactive ketones (excluding diaryl/α,β-unsaturated/α-hetero) is 1. The Balaban J connectivity index is 1.30. The summed E-state index contributed by atoms with van der Waals surface area (Å²) in [7, 11) is 0. The summed E-state index contributed by atoms with van der Waals surface area (Å²) in [5.74, 6) is 3.69. The van der Waals surface area contributed by atoms with Crippen molar-refractivity contribution in [1.82, 2.24) is 0 Å². The zero-order chi connectivity index (χ0) is 21.8. The highest BCUT2D eigenvalue weighted by Gasteiger charge is 2.71. The van der Waals surface area contributed by atoms with Gasteiger partial charge in [0.15, 0.2) is 5.79 Å². The summed E-state index contributed by atoms with van der Waals surface area (Å²) in [6.07, 6.45) is 9.12. The van der Waals surface area contributed by atoms with Gasteiger partial charge in [0.25, 0.3) is 0 Å². The van der Waals surface area contributed by atoms with Crippen LogP contribution in [-0.4, -0.2) is 35.5 Å². The van der Waals surface area contributed by atoms with Crippen molar-refractivity contribution in [2.75, 3.05) is 6.61 Å². The Morgan fingerprint density at radius 2 is 1.84 bits per heavy atom. The number of ketones is 1. The summed E-state index contributed by atoms with van der Waals surface area (Å²) >= 11 is 0. The van der Waals surface area contributed by atoms with E-state index < -0.39 is 5.79 Å². The molecule has 4 nitrogen and oxygen atoms in total. The molecule has 0 radical (unpaired) electrons. The van der Waals surface area contributed by atoms with Crippen LogP contribution >= 0.6 is 0 Å². The van der Waals surface area contributed by atoms with Crippen molar-refractivity contribution in [2.45, 2.75) is 103 Å². The first-order valence-electron chi connectivity index (χ1n) is 13.2. The minimum atomic E-state index is -0.417. The molecule has 3 unspecified atom stereocenters. The van der Waals surface area contributed by atoms with Crippen LogP contribution in [0.4, 0.5) is 0 Å². The van der Waals surface area contributed by atoms with Crippen LogP contribution in [0.1, 0.15) is 85.5 Å². The van der Waals surface area contributed by atoms with E-state index in [0.717, 1.165) is 45.1 Å². The van der Waals surface area contributed by atoms with Crippen molar-refractivity contribution in [2.24, 2.45) is 52.3 Å². The maximum atomic E-state index is 12.2. The van der Waals surface area contributed by atoms with Gasteiger partial charge in [0.05, 0.1) is 18.8 Å². The number of rotatable bonds is 0. The molecule has 174 valence electrons. The van der Waals surface area contributed by atoms with Crippen LogP contribution in [0.15, 0.2) is 0 Å². The van der Waals surface area contributed by atoms with E-state index in [-0.39, 0.29) is 23.0 Å². The quantitative estimate of drug-likeness (QED) is 0.589. The fourth-order valence-electron chi connectivity index (χ4n) is 10.0. The second-order valence-electron chi connectivity index (χ2n) is 13.0. The van der Waals surface area contributed by atoms with Crippen LogP contribution in [0.25, 0.3) is 0 Å². The zero-order valence-electron chi connectivity index (χ0n) is 19.9. The third kappa shape index (κ3) is 2.68. The average Bonchev–Trinajstić information content (AvgIpc) is 3.18. The minimum absolute atomic E-state index is 0.0745. The molecule has 2 aliphatic heterocycles. The lowest BCUT2D eigenvalue weighted by Gasteiger charge is -2.62. The highest BCUT2D eigenvalue weighted by Crippen LogP contribution is 2.71. The largest absolute Gasteiger partial charge is 0.393 e. The third-order valence-electron chi connectivity index (χ3n) is 11.9. The molecule has 2 saturated heterocycles. The van der Waals surface area contributed by atoms with Gasteiger partial charge in [-0.15, -0.1) is 0 Å². The lowest BCUT2D eigenvalue weighted by atomic mass is 9.43. The summed E-state index contributed by atoms with van der Waals surface area (Å²) in [4.78, 5) is 12.2. The SMILES string of the molecule is CC1CC[C@@]2(OC1)O[C@H]1C[C@H]3[C@@H]4CCC5CC(=O)CC[C@]5(C)[C@H]4CC(O)[C@]3(C)[C@H]1[C@@H]2C. The summed E-state index contributed by atoms with van der Waals surface area (Å²) in [5, 5.41) is 11.8. The van der Waals surface area contributed by atoms with E-state index in [1.165, 1.54) is 19.3 Å². The maximum absolute atomic E-state index is 12.2. The van der Waals surface area contributed by atoms with Crippen molar-refractivity contribution in [3.63, 3.8) is 0 Å². The third-order valence-corrected chi connectivity index (χ3v) is 11.9. The van der Waals surface area contributed by atoms with Crippen molar-refractivity contribution in [3.8, 4) is 0 Å². The van der Waals surface area contributed by atoms with Crippen LogP contribution < -0.4 is 0 Å². The molecule has 0 aromatic rings. The molecule has 6 rings (SSSR count). The Labute approximate surface area is 187 Å². The van der Waals surface area contributed by atoms with Gasteiger partial charge < -0.3 is 14.6 Å². The number of aliphatic hydroxyl groups is 1. The summed E-state index contributed by atoms with van der Waals surface area (Å²) < 4.78 is 13.2. The van der Waals surface area contributed by atoms with E-state index in [4.69, 9.17) is 9.47 Å². The number of hydrogen-bond donors (Lipinski definition) is 1. The molecule has 1 N–H and O–H groups in total. The Bertz CT molecular complexity index is 756. The molecule has 4 aliphatic carbocycles. The second-order valence-corrected chi connectivity index (χ2v) is 13.0. The van der Waals surface area contributed by atoms with Crippen LogP contribution in [0.5, 0.6) is 0 Å². The normalized spacial score (nSPS) is 60.9. The summed E-state index contributed by atoms with van der Waals surface area (Å²) in [5.41, 5.74) is 0.155. The van der Waals surface area contributed by atoms with Gasteiger partial charge in [-0.3, -0.25) is 4.79 Å². The molecule has 0 aromatic heterocycles. The molecule has 0 aromatic carbocycles. The van der Waals surface area contributed by atoms with E-state index in [9.17, 15) is 9.90 Å². The summed E-state index contributed by atoms with van der Waals surface area (Å²) in [6, 6.07) is 0. The highest BCUT2D eigenvalue weighted by atomic mass is 16.7. The number of carbonyl (C=O) groups is 1. The molecule has 2 heterocycles. The van der Waals surface area contributed by atoms with Crippen LogP contribution in [0, 0.1) is 52.3 Å². The van der Waals surface area contributed by atoms with Gasteiger partial charge in [-0.05, 0) is 73.5 Å². The van der Waals surface area contributed by atoms with E-state index in [1.807, 2.05) is 0 Å². The van der Waals surface area contributed by atoms with Crippen molar-refractivity contribution >= 4 is 5.78 Å². The van der Waals surface area contributed by atoms with Crippen LogP contribution in [0.2, 0.25) is 0 Å². The molecular weight excluding hydrogens is 388 g/mol. The molecule has 4 saturated carbocycles. The Hall–Kier alpha value is -0.450. The van der Waals surface area contributed by atoms with E-state index in [0.29, 0.717) is 47.2 Å². The van der Waals surface area contributed by atoms with Gasteiger partial charge in [-0.2, -0.15) is 0 Å². The predicted octanol–water partition coefficient (Wildman–Crippen LogP) is 4.97. The number of carbonyl (C=O) groups excluding carboxylic acids is 1. The summed E-state index contributed by atoms with van der Waals surface area (Å²) in [6.45, 7) is 10.3. The van der Waals surface area contributed by atoms with Crippen molar-refractivity contribution < 1.29 is 19.4 Å². The first-order valence-corrected chi connectivity index (χ1v) is 13.2. The van der Waals surface area contributed by atoms with Gasteiger partial charge in [0, 0.05) is 36.5 Å². The lowest BCUT2D eigenvalue weighted by molar-refractivity contribution is -0.274. The van der Waals surface area contributed by atoms with Crippen LogP contribution in [0.3, 0.4) is 0 Å². The molecule has 6 fully saturated rings. The molecule has 12 atom stereocenters. The van der Waals surface area contributed by atoms with Gasteiger partial charge >= 0.3 is 0 Å². The van der Waals surface area contributed by atoms with E-state index in [2.05, 4.69) is 27.7 Å². The molecular formula is C27H42O4. The van der Waals surface area contributed by atoms with Crippen molar-refractivity contribution in [1.29, 1.82) is 0 Å². The first-order chi connectivity index (χ1) is 14.7. The van der Waals surface area contributed by atoms with E-state index >= 15 is 0 Å². The van der Waals surface area contributed by atoms with Gasteiger partial charge in [0.2, 0.25) is 0 Å². The Kier molecular flexibility index (Phi) is 4.62. The van der Waals surface area contributed by atoms with Crippen LogP contribution in [-0.2, 0) is 14.3 Å². The molecule has 31 heavy (non-hydrogen) atoms. The maximum Gasteiger partial charge on any atom is 0.171 e. The Morgan fingerprint density at radius 1 is 1.03 bits per heavy atom. The number of fused-ring (bicyclic) bond motifs is 7. The lowest BCUT2D eigenvalue weighted by Crippen LogP contribution is -2.59. The monoisotopic (exact) mass is 430 g/mol. The number of aliphatic hydroxyl groups excluding tert-OH is 1. The predicted molar refractivity (Wildman–Crippen MR) is 118 cm³/mol. The van der Waals surface area contributed by atoms with Crippen molar-refractivity contribution in [3.05, 3.63) is 0 Å². The zero-order valence-corrected chi connectivity index (χ0v) is 19.9. The number of ether oxygens (including phenoxy) is 2. The molecule has 0 bridgehead atoms. The fraction of sp³-hybridized carbons (Fsp3) is 0.963. The second kappa shape index (κ2) is 6.79. The number of hydrogen-bond acceptors (Lipinski definition) is 4. The Morgan fingerprint density at radius 3 is 2.58 bits per heavy atom. The standard InChI is InChI=1S/C27H42O4/c1-15-7-10-27(30-14-15)16(2)24-22(31-27)12-21-19-6-5-17-11-18(28)8-9-25(17,3)20(19)13-23(29)26(21,24)4/h15-17,19-24,29H,5-14H2,1-4H3/t15?,16-,17?,19+,20-,21-,22-,23?,24-,25-,26+,27+/m0/s1. The average molecular weight is 431 g/mol. The molecule has 1 spiro atoms. The van der Waals surface area contributed by atoms with Gasteiger partial charge in [-0.1, -0.05) is 27.7 Å². The fourth-order valence-corrected chi connectivity index (χ4v) is 10.0. The molecule has 4 heteroatoms. The molecule has 6 aliphatic rings. The molecule has 0 amide bonds. The minimum Gasteiger partial charge on any atom is -0.393 e.